The van der Waals surface area contributed by atoms with E-state index in [1.807, 2.05) is 0 Å². The van der Waals surface area contributed by atoms with Crippen LogP contribution in [0.4, 0.5) is 0 Å². The van der Waals surface area contributed by atoms with E-state index in [0.717, 1.165) is 12.8 Å². The van der Waals surface area contributed by atoms with Gasteiger partial charge in [0.25, 0.3) is 0 Å². The number of rotatable bonds is 2. The third kappa shape index (κ3) is 73.5. The number of halogens is 5. The molecule has 0 aromatic heterocycles. The second-order valence-electron chi connectivity index (χ2n) is 1.66. The van der Waals surface area contributed by atoms with Crippen molar-refractivity contribution in [3.63, 3.8) is 0 Å². The molecule has 0 aromatic rings. The summed E-state index contributed by atoms with van der Waals surface area (Å²) < 4.78 is 0. The van der Waals surface area contributed by atoms with E-state index >= 15 is 0 Å². The molecule has 0 aliphatic rings. The van der Waals surface area contributed by atoms with Gasteiger partial charge in [0, 0.05) is 6.61 Å². The molecule has 73 valence electrons. The Kier molecular flexibility index (Phi) is 9.25. The number of unbranched alkanes of at least 4 members (excludes halogenated alkanes) is 1. The Hall–Kier alpha value is 2.10. The molecular weight excluding hydrogens is 425 g/mol. The normalized spacial score (nSPS) is 14.3. The van der Waals surface area contributed by atoms with Crippen LogP contribution >= 0.6 is 47.1 Å². The molecule has 0 atom stereocenters. The van der Waals surface area contributed by atoms with E-state index in [0.29, 0.717) is 6.61 Å². The summed E-state index contributed by atoms with van der Waals surface area (Å²) >= 11 is 0. The minimum absolute atomic E-state index is 0.344. The van der Waals surface area contributed by atoms with Crippen LogP contribution in [-0.4, -0.2) is 11.7 Å². The van der Waals surface area contributed by atoms with Gasteiger partial charge in [-0.1, -0.05) is 13.3 Å². The van der Waals surface area contributed by atoms with Gasteiger partial charge in [-0.15, -0.1) is 0 Å². The van der Waals surface area contributed by atoms with Gasteiger partial charge in [0.2, 0.25) is 0 Å². The van der Waals surface area contributed by atoms with E-state index in [1.165, 1.54) is 0 Å². The van der Waals surface area contributed by atoms with Gasteiger partial charge in [-0.05, 0) is 6.42 Å². The van der Waals surface area contributed by atoms with E-state index in [-0.39, 0.29) is 0 Å². The minimum atomic E-state index is -4.39. The summed E-state index contributed by atoms with van der Waals surface area (Å²) in [5.74, 6) is 0. The van der Waals surface area contributed by atoms with Crippen molar-refractivity contribution in [1.82, 2.24) is 0 Å². The van der Waals surface area contributed by atoms with Crippen molar-refractivity contribution < 1.29 is 14.7 Å². The third-order valence-corrected chi connectivity index (χ3v) is 0.512. The molecule has 0 heterocycles. The predicted octanol–water partition coefficient (Wildman–Crippen LogP) is 4.22. The van der Waals surface area contributed by atoms with Gasteiger partial charge in [0.05, 0.1) is 0 Å². The van der Waals surface area contributed by atoms with Gasteiger partial charge in [0.1, 0.15) is 0 Å². The SMILES string of the molecule is CCCCO.[Cl][W]([Cl])([Cl])([Cl])[Cl]. The van der Waals surface area contributed by atoms with E-state index in [2.05, 4.69) is 6.92 Å². The fourth-order valence-corrected chi connectivity index (χ4v) is 0.158. The van der Waals surface area contributed by atoms with E-state index < -0.39 is 9.60 Å². The molecule has 0 aliphatic carbocycles. The van der Waals surface area contributed by atoms with Gasteiger partial charge in [-0.3, -0.25) is 0 Å². The maximum absolute atomic E-state index is 8.07. The average Bonchev–Trinajstić information content (AvgIpc) is 1.60. The van der Waals surface area contributed by atoms with Crippen molar-refractivity contribution in [2.45, 2.75) is 19.8 Å². The first-order valence-corrected chi connectivity index (χ1v) is 21.0. The van der Waals surface area contributed by atoms with Crippen LogP contribution in [0.3, 0.4) is 0 Å². The predicted molar refractivity (Wildman–Crippen MR) is 51.3 cm³/mol. The van der Waals surface area contributed by atoms with Crippen LogP contribution in [0.5, 0.6) is 0 Å². The Bertz CT molecular complexity index is 79.4. The topological polar surface area (TPSA) is 20.2 Å². The summed E-state index contributed by atoms with van der Waals surface area (Å²) in [6.07, 6.45) is 2.04. The van der Waals surface area contributed by atoms with Crippen LogP contribution in [-0.2, 0) is 9.60 Å². The fourth-order valence-electron chi connectivity index (χ4n) is 0.158. The van der Waals surface area contributed by atoms with Crippen molar-refractivity contribution in [3.8, 4) is 0 Å². The summed E-state index contributed by atoms with van der Waals surface area (Å²) in [5, 5.41) is 8.07. The van der Waals surface area contributed by atoms with Crippen LogP contribution in [0.1, 0.15) is 19.8 Å². The van der Waals surface area contributed by atoms with E-state index in [4.69, 9.17) is 52.2 Å². The van der Waals surface area contributed by atoms with Gasteiger partial charge in [0.15, 0.2) is 0 Å². The molecule has 0 amide bonds. The van der Waals surface area contributed by atoms with Crippen LogP contribution in [0.25, 0.3) is 0 Å². The molecule has 0 aromatic carbocycles. The number of aliphatic hydroxyl groups is 1. The summed E-state index contributed by atoms with van der Waals surface area (Å²) in [7, 11) is 20.9. The molecule has 0 saturated carbocycles. The molecule has 0 unspecified atom stereocenters. The zero-order valence-corrected chi connectivity index (χ0v) is 12.6. The summed E-state index contributed by atoms with van der Waals surface area (Å²) in [6, 6.07) is 0. The second-order valence-corrected chi connectivity index (χ2v) is 44.0. The molecular formula is C4H10Cl5OW. The molecule has 11 heavy (non-hydrogen) atoms. The first-order valence-electron chi connectivity index (χ1n) is 2.79. The summed E-state index contributed by atoms with van der Waals surface area (Å²) in [4.78, 5) is 0. The second kappa shape index (κ2) is 6.54. The zero-order valence-electron chi connectivity index (χ0n) is 5.87. The van der Waals surface area contributed by atoms with Gasteiger partial charge >= 0.3 is 56.7 Å². The van der Waals surface area contributed by atoms with Crippen LogP contribution in [0.2, 0.25) is 0 Å². The molecule has 7 heteroatoms. The van der Waals surface area contributed by atoms with Crippen LogP contribution in [0, 0.1) is 0 Å². The Labute approximate surface area is 87.4 Å². The standard InChI is InChI=1S/C4H10O.5ClH.W/c1-2-3-4-5;;;;;;/h5H,2-4H2,1H3;5*1H;/q;;;;;;+5/p-5. The molecule has 0 rings (SSSR count). The third-order valence-electron chi connectivity index (χ3n) is 0.512. The maximum atomic E-state index is 8.07. The van der Waals surface area contributed by atoms with Crippen molar-refractivity contribution in [2.75, 3.05) is 6.61 Å². The molecule has 0 radical (unpaired) electrons. The molecule has 0 spiro atoms. The first kappa shape index (κ1) is 15.6. The van der Waals surface area contributed by atoms with E-state index in [9.17, 15) is 0 Å². The van der Waals surface area contributed by atoms with E-state index in [1.54, 1.807) is 0 Å². The molecule has 1 nitrogen and oxygen atoms in total. The Morgan fingerprint density at radius 3 is 1.36 bits per heavy atom. The first-order chi connectivity index (χ1) is 4.65. The Morgan fingerprint density at radius 2 is 1.36 bits per heavy atom. The fraction of sp³-hybridized carbons (Fsp3) is 1.00. The quantitative estimate of drug-likeness (QED) is 0.689. The summed E-state index contributed by atoms with van der Waals surface area (Å²) in [5.41, 5.74) is 0. The molecule has 0 bridgehead atoms. The van der Waals surface area contributed by atoms with Crippen LogP contribution < -0.4 is 0 Å². The number of hydrogen-bond donors (Lipinski definition) is 1. The molecule has 0 aliphatic heterocycles. The Morgan fingerprint density at radius 1 is 1.09 bits per heavy atom. The van der Waals surface area contributed by atoms with Crippen LogP contribution in [0.15, 0.2) is 0 Å². The Balaban J connectivity index is 0. The molecule has 1 N–H and O–H groups in total. The van der Waals surface area contributed by atoms with Gasteiger partial charge in [-0.25, -0.2) is 0 Å². The van der Waals surface area contributed by atoms with Crippen molar-refractivity contribution in [1.29, 1.82) is 0 Å². The summed E-state index contributed by atoms with van der Waals surface area (Å²) in [6.45, 7) is 2.40. The number of aliphatic hydroxyl groups excluding tert-OH is 1. The molecule has 0 saturated heterocycles. The van der Waals surface area contributed by atoms with Crippen molar-refractivity contribution in [2.24, 2.45) is 0 Å². The number of hydrogen-bond acceptors (Lipinski definition) is 1. The average molecular weight is 435 g/mol. The van der Waals surface area contributed by atoms with Gasteiger partial charge in [-0.2, -0.15) is 0 Å². The van der Waals surface area contributed by atoms with Crippen molar-refractivity contribution >= 4 is 47.1 Å². The van der Waals surface area contributed by atoms with Gasteiger partial charge < -0.3 is 5.11 Å². The monoisotopic (exact) mass is 433 g/mol. The zero-order chi connectivity index (χ0) is 9.57. The van der Waals surface area contributed by atoms with Crippen molar-refractivity contribution in [3.05, 3.63) is 0 Å². The molecule has 0 fully saturated rings.